The Balaban J connectivity index is 1.73. The first kappa shape index (κ1) is 25.2. The minimum Gasteiger partial charge on any atom is -0.350 e. The van der Waals surface area contributed by atoms with Crippen molar-refractivity contribution in [1.29, 1.82) is 0 Å². The van der Waals surface area contributed by atoms with Gasteiger partial charge in [0.05, 0.1) is 41.8 Å². The molecule has 1 heterocycles. The van der Waals surface area contributed by atoms with Gasteiger partial charge < -0.3 is 5.32 Å². The Morgan fingerprint density at radius 3 is 2.45 bits per heavy atom. The minimum absolute atomic E-state index is 0.0920. The van der Waals surface area contributed by atoms with Crippen LogP contribution in [0.15, 0.2) is 24.3 Å². The average Bonchev–Trinajstić information content (AvgIpc) is 3.17. The zero-order valence-corrected chi connectivity index (χ0v) is 20.9. The number of halogens is 1. The third-order valence-corrected chi connectivity index (χ3v) is 6.72. The molecule has 1 saturated carbocycles. The van der Waals surface area contributed by atoms with E-state index in [1.165, 1.54) is 31.4 Å². The normalized spacial score (nSPS) is 16.4. The van der Waals surface area contributed by atoms with E-state index in [1.807, 2.05) is 0 Å². The van der Waals surface area contributed by atoms with Crippen molar-refractivity contribution in [2.45, 2.75) is 83.7 Å². The Morgan fingerprint density at radius 2 is 1.88 bits per heavy atom. The molecular formula is C24H35FN4O3S. The van der Waals surface area contributed by atoms with Gasteiger partial charge >= 0.3 is 0 Å². The molecule has 0 unspecified atom stereocenters. The number of nitrogens with one attached hydrogen (secondary N) is 2. The summed E-state index contributed by atoms with van der Waals surface area (Å²) in [5.41, 5.74) is 2.22. The molecular weight excluding hydrogens is 443 g/mol. The molecule has 0 radical (unpaired) electrons. The quantitative estimate of drug-likeness (QED) is 0.607. The Hall–Kier alpha value is -2.42. The molecule has 2 N–H and O–H groups in total. The van der Waals surface area contributed by atoms with Crippen LogP contribution in [0.3, 0.4) is 0 Å². The van der Waals surface area contributed by atoms with Gasteiger partial charge in [0.15, 0.2) is 0 Å². The van der Waals surface area contributed by atoms with Crippen molar-refractivity contribution >= 4 is 21.6 Å². The highest BCUT2D eigenvalue weighted by atomic mass is 32.2. The fraction of sp³-hybridized carbons (Fsp3) is 0.583. The van der Waals surface area contributed by atoms with Crippen LogP contribution in [0.25, 0.3) is 0 Å². The van der Waals surface area contributed by atoms with Gasteiger partial charge in [-0.3, -0.25) is 14.2 Å². The first-order chi connectivity index (χ1) is 15.3. The molecule has 182 valence electrons. The Kier molecular flexibility index (Phi) is 7.51. The fourth-order valence-corrected chi connectivity index (χ4v) is 4.70. The number of nitrogens with zero attached hydrogens (tertiary/aromatic N) is 2. The predicted octanol–water partition coefficient (Wildman–Crippen LogP) is 4.62. The number of benzene rings is 1. The predicted molar refractivity (Wildman–Crippen MR) is 128 cm³/mol. The lowest BCUT2D eigenvalue weighted by atomic mass is 9.92. The number of anilines is 1. The Bertz CT molecular complexity index is 1100. The van der Waals surface area contributed by atoms with E-state index in [0.717, 1.165) is 30.5 Å². The van der Waals surface area contributed by atoms with E-state index in [2.05, 4.69) is 41.6 Å². The zero-order valence-electron chi connectivity index (χ0n) is 20.1. The summed E-state index contributed by atoms with van der Waals surface area (Å²) < 4.78 is 41.3. The van der Waals surface area contributed by atoms with Gasteiger partial charge in [0, 0.05) is 5.41 Å². The van der Waals surface area contributed by atoms with Crippen LogP contribution >= 0.6 is 0 Å². The van der Waals surface area contributed by atoms with Gasteiger partial charge in [0.25, 0.3) is 0 Å². The number of aromatic nitrogens is 2. The fourth-order valence-electron chi connectivity index (χ4n) is 4.14. The molecule has 3 rings (SSSR count). The zero-order chi connectivity index (χ0) is 24.4. The maximum Gasteiger partial charge on any atom is 0.229 e. The van der Waals surface area contributed by atoms with E-state index in [0.29, 0.717) is 18.2 Å². The summed E-state index contributed by atoms with van der Waals surface area (Å²) in [7, 11) is -3.59. The van der Waals surface area contributed by atoms with E-state index >= 15 is 0 Å². The molecule has 0 bridgehead atoms. The summed E-state index contributed by atoms with van der Waals surface area (Å²) in [6.45, 7) is 8.43. The summed E-state index contributed by atoms with van der Waals surface area (Å²) >= 11 is 0. The first-order valence-electron chi connectivity index (χ1n) is 11.5. The van der Waals surface area contributed by atoms with E-state index in [4.69, 9.17) is 5.10 Å². The highest BCUT2D eigenvalue weighted by Gasteiger charge is 2.25. The van der Waals surface area contributed by atoms with Crippen LogP contribution in [-0.4, -0.2) is 30.4 Å². The Morgan fingerprint density at radius 1 is 1.21 bits per heavy atom. The minimum atomic E-state index is -3.59. The smallest absolute Gasteiger partial charge is 0.229 e. The lowest BCUT2D eigenvalue weighted by Crippen LogP contribution is -2.29. The number of carbonyl (C=O) groups excluding carboxylic acids is 1. The van der Waals surface area contributed by atoms with Crippen LogP contribution in [0.5, 0.6) is 0 Å². The van der Waals surface area contributed by atoms with Crippen LogP contribution in [-0.2, 0) is 26.8 Å². The molecule has 0 aliphatic heterocycles. The number of amides is 1. The summed E-state index contributed by atoms with van der Waals surface area (Å²) in [6.07, 6.45) is 6.77. The van der Waals surface area contributed by atoms with E-state index < -0.39 is 21.8 Å². The number of rotatable bonds is 7. The highest BCUT2D eigenvalue weighted by molar-refractivity contribution is 7.92. The molecule has 1 fully saturated rings. The van der Waals surface area contributed by atoms with Crippen LogP contribution in [0, 0.1) is 5.82 Å². The third-order valence-electron chi connectivity index (χ3n) is 6.13. The van der Waals surface area contributed by atoms with Crippen LogP contribution in [0.4, 0.5) is 10.1 Å². The largest absolute Gasteiger partial charge is 0.350 e. The van der Waals surface area contributed by atoms with E-state index in [-0.39, 0.29) is 17.0 Å². The molecule has 1 aliphatic carbocycles. The first-order valence-corrected chi connectivity index (χ1v) is 13.4. The second-order valence-corrected chi connectivity index (χ2v) is 11.8. The third kappa shape index (κ3) is 6.56. The molecule has 0 spiro atoms. The highest BCUT2D eigenvalue weighted by Crippen LogP contribution is 2.31. The molecule has 0 saturated heterocycles. The van der Waals surface area contributed by atoms with Crippen molar-refractivity contribution in [1.82, 2.24) is 15.1 Å². The lowest BCUT2D eigenvalue weighted by molar-refractivity contribution is -0.122. The molecule has 1 aromatic carbocycles. The number of sulfonamides is 1. The summed E-state index contributed by atoms with van der Waals surface area (Å²) in [6, 6.07) is 6.52. The molecule has 2 aromatic rings. The maximum absolute atomic E-state index is 14.4. The Labute approximate surface area is 196 Å². The van der Waals surface area contributed by atoms with Crippen LogP contribution < -0.4 is 10.0 Å². The number of hydrogen-bond acceptors (Lipinski definition) is 4. The lowest BCUT2D eigenvalue weighted by Gasteiger charge is -2.24. The van der Waals surface area contributed by atoms with Gasteiger partial charge in [-0.1, -0.05) is 46.1 Å². The van der Waals surface area contributed by atoms with Crippen molar-refractivity contribution in [3.8, 4) is 0 Å². The van der Waals surface area contributed by atoms with Gasteiger partial charge in [-0.25, -0.2) is 12.8 Å². The summed E-state index contributed by atoms with van der Waals surface area (Å²) in [5, 5.41) is 7.88. The standard InChI is InChI=1S/C24H35FN4O3S/c1-16(17-11-12-21(20(25)13-17)28-33(5,31)32)23(30)26-15-19-14-22(24(2,3)4)27-29(19)18-9-7-6-8-10-18/h11-14,16,18,28H,6-10,15H2,1-5H3,(H,26,30)/t16-/m0/s1. The molecule has 1 amide bonds. The molecule has 1 atom stereocenters. The molecule has 1 aromatic heterocycles. The number of hydrogen-bond donors (Lipinski definition) is 2. The van der Waals surface area contributed by atoms with Crippen molar-refractivity contribution in [3.63, 3.8) is 0 Å². The van der Waals surface area contributed by atoms with Gasteiger partial charge in [-0.05, 0) is 43.5 Å². The monoisotopic (exact) mass is 478 g/mol. The van der Waals surface area contributed by atoms with Crippen molar-refractivity contribution in [2.24, 2.45) is 0 Å². The number of carbonyl (C=O) groups is 1. The average molecular weight is 479 g/mol. The maximum atomic E-state index is 14.4. The van der Waals surface area contributed by atoms with Gasteiger partial charge in [-0.2, -0.15) is 5.10 Å². The van der Waals surface area contributed by atoms with Gasteiger partial charge in [-0.15, -0.1) is 0 Å². The van der Waals surface area contributed by atoms with Crippen molar-refractivity contribution in [2.75, 3.05) is 11.0 Å². The molecule has 7 nitrogen and oxygen atoms in total. The molecule has 9 heteroatoms. The SMILES string of the molecule is C[C@H](C(=O)NCc1cc(C(C)(C)C)nn1C1CCCCC1)c1ccc(NS(C)(=O)=O)c(F)c1. The van der Waals surface area contributed by atoms with E-state index in [1.54, 1.807) is 13.0 Å². The van der Waals surface area contributed by atoms with Gasteiger partial charge in [0.2, 0.25) is 15.9 Å². The topological polar surface area (TPSA) is 93.1 Å². The second kappa shape index (κ2) is 9.83. The molecule has 33 heavy (non-hydrogen) atoms. The summed E-state index contributed by atoms with van der Waals surface area (Å²) in [4.78, 5) is 12.9. The summed E-state index contributed by atoms with van der Waals surface area (Å²) in [5.74, 6) is -1.55. The van der Waals surface area contributed by atoms with Crippen molar-refractivity contribution in [3.05, 3.63) is 47.0 Å². The second-order valence-electron chi connectivity index (χ2n) is 10.1. The van der Waals surface area contributed by atoms with Crippen LogP contribution in [0.1, 0.15) is 88.7 Å². The van der Waals surface area contributed by atoms with E-state index in [9.17, 15) is 17.6 Å². The molecule has 1 aliphatic rings. The van der Waals surface area contributed by atoms with Crippen LogP contribution in [0.2, 0.25) is 0 Å². The van der Waals surface area contributed by atoms with Crippen molar-refractivity contribution < 1.29 is 17.6 Å². The van der Waals surface area contributed by atoms with Gasteiger partial charge in [0.1, 0.15) is 5.82 Å².